The molecule has 0 saturated heterocycles. The molecule has 15 heavy (non-hydrogen) atoms. The molecule has 1 fully saturated rings. The molecule has 0 amide bonds. The maximum Gasteiger partial charge on any atom is 0.320 e. The van der Waals surface area contributed by atoms with Gasteiger partial charge in [-0.2, -0.15) is 0 Å². The van der Waals surface area contributed by atoms with Crippen LogP contribution in [0.4, 0.5) is 0 Å². The van der Waals surface area contributed by atoms with Crippen molar-refractivity contribution >= 4 is 11.9 Å². The standard InChI is InChI=1S/C11H18O4/c1-7-3-5-8(6-4-7)9(10(12)13)11(14)15-2/h7-9H,3-6H2,1-2H3,(H,12,13). The van der Waals surface area contributed by atoms with Crippen LogP contribution >= 0.6 is 0 Å². The summed E-state index contributed by atoms with van der Waals surface area (Å²) in [5, 5.41) is 8.99. The molecule has 1 aliphatic carbocycles. The van der Waals surface area contributed by atoms with Gasteiger partial charge in [0.05, 0.1) is 7.11 Å². The van der Waals surface area contributed by atoms with Gasteiger partial charge in [0.1, 0.15) is 0 Å². The van der Waals surface area contributed by atoms with Crippen LogP contribution in [0.5, 0.6) is 0 Å². The monoisotopic (exact) mass is 214 g/mol. The molecule has 4 nitrogen and oxygen atoms in total. The van der Waals surface area contributed by atoms with E-state index in [1.54, 1.807) is 0 Å². The number of carboxylic acid groups (broad SMARTS) is 1. The average molecular weight is 214 g/mol. The highest BCUT2D eigenvalue weighted by atomic mass is 16.5. The molecule has 0 bridgehead atoms. The smallest absolute Gasteiger partial charge is 0.320 e. The van der Waals surface area contributed by atoms with E-state index in [1.807, 2.05) is 0 Å². The van der Waals surface area contributed by atoms with Crippen molar-refractivity contribution < 1.29 is 19.4 Å². The first-order valence-corrected chi connectivity index (χ1v) is 5.37. The Morgan fingerprint density at radius 1 is 1.27 bits per heavy atom. The lowest BCUT2D eigenvalue weighted by Crippen LogP contribution is -2.34. The number of hydrogen-bond acceptors (Lipinski definition) is 3. The number of carbonyl (C=O) groups excluding carboxylic acids is 1. The van der Waals surface area contributed by atoms with Crippen LogP contribution in [0.25, 0.3) is 0 Å². The number of hydrogen-bond donors (Lipinski definition) is 1. The molecule has 0 radical (unpaired) electrons. The van der Waals surface area contributed by atoms with Gasteiger partial charge >= 0.3 is 11.9 Å². The molecule has 1 rings (SSSR count). The van der Waals surface area contributed by atoms with Crippen LogP contribution in [-0.4, -0.2) is 24.2 Å². The first-order valence-electron chi connectivity index (χ1n) is 5.37. The molecule has 0 heterocycles. The lowest BCUT2D eigenvalue weighted by Gasteiger charge is -2.28. The molecule has 1 saturated carbocycles. The van der Waals surface area contributed by atoms with Crippen molar-refractivity contribution in [1.29, 1.82) is 0 Å². The minimum Gasteiger partial charge on any atom is -0.481 e. The highest BCUT2D eigenvalue weighted by molar-refractivity contribution is 5.94. The van der Waals surface area contributed by atoms with Gasteiger partial charge in [0.2, 0.25) is 0 Å². The molecule has 0 aliphatic heterocycles. The van der Waals surface area contributed by atoms with Crippen molar-refractivity contribution in [3.05, 3.63) is 0 Å². The number of carbonyl (C=O) groups is 2. The number of esters is 1. The lowest BCUT2D eigenvalue weighted by molar-refractivity contribution is -0.160. The summed E-state index contributed by atoms with van der Waals surface area (Å²) >= 11 is 0. The fourth-order valence-electron chi connectivity index (χ4n) is 2.24. The third-order valence-corrected chi connectivity index (χ3v) is 3.25. The first-order chi connectivity index (χ1) is 7.06. The van der Waals surface area contributed by atoms with Gasteiger partial charge in [-0.3, -0.25) is 9.59 Å². The van der Waals surface area contributed by atoms with Crippen LogP contribution in [0, 0.1) is 17.8 Å². The summed E-state index contributed by atoms with van der Waals surface area (Å²) in [6.45, 7) is 2.16. The minimum atomic E-state index is -1.05. The van der Waals surface area contributed by atoms with E-state index in [4.69, 9.17) is 5.11 Å². The second-order valence-corrected chi connectivity index (χ2v) is 4.36. The van der Waals surface area contributed by atoms with Crippen molar-refractivity contribution in [3.8, 4) is 0 Å². The second kappa shape index (κ2) is 5.14. The van der Waals surface area contributed by atoms with Crippen molar-refractivity contribution in [2.45, 2.75) is 32.6 Å². The number of ether oxygens (including phenoxy) is 1. The molecule has 86 valence electrons. The predicted octanol–water partition coefficient (Wildman–Crippen LogP) is 1.69. The van der Waals surface area contributed by atoms with Crippen molar-refractivity contribution in [2.24, 2.45) is 17.8 Å². The van der Waals surface area contributed by atoms with Gasteiger partial charge in [0.25, 0.3) is 0 Å². The third-order valence-electron chi connectivity index (χ3n) is 3.25. The third kappa shape index (κ3) is 2.94. The summed E-state index contributed by atoms with van der Waals surface area (Å²) in [5.41, 5.74) is 0. The summed E-state index contributed by atoms with van der Waals surface area (Å²) in [4.78, 5) is 22.3. The Kier molecular flexibility index (Phi) is 4.12. The molecule has 1 N–H and O–H groups in total. The second-order valence-electron chi connectivity index (χ2n) is 4.36. The van der Waals surface area contributed by atoms with Gasteiger partial charge in [-0.25, -0.2) is 0 Å². The van der Waals surface area contributed by atoms with E-state index in [0.29, 0.717) is 5.92 Å². The molecule has 0 aromatic carbocycles. The van der Waals surface area contributed by atoms with Gasteiger partial charge in [0, 0.05) is 0 Å². The Hall–Kier alpha value is -1.06. The van der Waals surface area contributed by atoms with E-state index in [2.05, 4.69) is 11.7 Å². The van der Waals surface area contributed by atoms with Gasteiger partial charge < -0.3 is 9.84 Å². The van der Waals surface area contributed by atoms with Crippen LogP contribution in [0.3, 0.4) is 0 Å². The van der Waals surface area contributed by atoms with Crippen LogP contribution in [0.2, 0.25) is 0 Å². The quantitative estimate of drug-likeness (QED) is 0.573. The molecular formula is C11H18O4. The van der Waals surface area contributed by atoms with Gasteiger partial charge in [0.15, 0.2) is 5.92 Å². The van der Waals surface area contributed by atoms with Crippen LogP contribution in [0.15, 0.2) is 0 Å². The topological polar surface area (TPSA) is 63.6 Å². The van der Waals surface area contributed by atoms with Gasteiger partial charge in [-0.1, -0.05) is 19.8 Å². The zero-order valence-electron chi connectivity index (χ0n) is 9.23. The van der Waals surface area contributed by atoms with Crippen molar-refractivity contribution in [3.63, 3.8) is 0 Å². The van der Waals surface area contributed by atoms with Crippen LogP contribution in [0.1, 0.15) is 32.6 Å². The summed E-state index contributed by atoms with van der Waals surface area (Å²) < 4.78 is 4.53. The maximum absolute atomic E-state index is 11.3. The normalized spacial score (nSPS) is 28.1. The van der Waals surface area contributed by atoms with E-state index < -0.39 is 17.9 Å². The average Bonchev–Trinajstić information content (AvgIpc) is 2.20. The van der Waals surface area contributed by atoms with E-state index in [9.17, 15) is 9.59 Å². The van der Waals surface area contributed by atoms with E-state index in [0.717, 1.165) is 25.7 Å². The maximum atomic E-state index is 11.3. The van der Waals surface area contributed by atoms with E-state index in [1.165, 1.54) is 7.11 Å². The zero-order valence-corrected chi connectivity index (χ0v) is 9.23. The van der Waals surface area contributed by atoms with Crippen molar-refractivity contribution in [2.75, 3.05) is 7.11 Å². The zero-order chi connectivity index (χ0) is 11.4. The highest BCUT2D eigenvalue weighted by Crippen LogP contribution is 2.33. The van der Waals surface area contributed by atoms with E-state index in [-0.39, 0.29) is 5.92 Å². The summed E-state index contributed by atoms with van der Waals surface area (Å²) in [6.07, 6.45) is 3.64. The number of carboxylic acids is 1. The van der Waals surface area contributed by atoms with E-state index >= 15 is 0 Å². The summed E-state index contributed by atoms with van der Waals surface area (Å²) in [5.74, 6) is -2.04. The Morgan fingerprint density at radius 3 is 2.20 bits per heavy atom. The molecule has 1 unspecified atom stereocenters. The SMILES string of the molecule is COC(=O)C(C(=O)O)C1CCC(C)CC1. The highest BCUT2D eigenvalue weighted by Gasteiger charge is 2.37. The fourth-order valence-corrected chi connectivity index (χ4v) is 2.24. The fraction of sp³-hybridized carbons (Fsp3) is 0.818. The van der Waals surface area contributed by atoms with Crippen molar-refractivity contribution in [1.82, 2.24) is 0 Å². The molecule has 1 aliphatic rings. The van der Waals surface area contributed by atoms with Crippen LogP contribution < -0.4 is 0 Å². The number of methoxy groups -OCH3 is 1. The Morgan fingerprint density at radius 2 is 1.80 bits per heavy atom. The van der Waals surface area contributed by atoms with Gasteiger partial charge in [-0.15, -0.1) is 0 Å². The lowest BCUT2D eigenvalue weighted by atomic mass is 9.76. The Balaban J connectivity index is 2.64. The summed E-state index contributed by atoms with van der Waals surface area (Å²) in [6, 6.07) is 0. The molecule has 0 aromatic rings. The Bertz CT molecular complexity index is 241. The predicted molar refractivity (Wildman–Crippen MR) is 54.3 cm³/mol. The molecule has 0 spiro atoms. The molecule has 4 heteroatoms. The molecule has 1 atom stereocenters. The number of aliphatic carboxylic acids is 1. The minimum absolute atomic E-state index is 0.0499. The van der Waals surface area contributed by atoms with Gasteiger partial charge in [-0.05, 0) is 24.7 Å². The first kappa shape index (κ1) is 12.0. The largest absolute Gasteiger partial charge is 0.481 e. The molecular weight excluding hydrogens is 196 g/mol. The number of rotatable bonds is 3. The Labute approximate surface area is 89.6 Å². The molecule has 0 aromatic heterocycles. The van der Waals surface area contributed by atoms with Crippen LogP contribution in [-0.2, 0) is 14.3 Å². The summed E-state index contributed by atoms with van der Waals surface area (Å²) in [7, 11) is 1.24.